The molecule has 7 nitrogen and oxygen atoms in total. The number of furan rings is 1. The minimum Gasteiger partial charge on any atom is -0.504 e. The van der Waals surface area contributed by atoms with Crippen LogP contribution in [0, 0.1) is 0 Å². The van der Waals surface area contributed by atoms with E-state index < -0.39 is 23.2 Å². The minimum atomic E-state index is -0.693. The molecule has 0 radical (unpaired) electrons. The number of halogens is 1. The average molecular weight is 417 g/mol. The molecule has 1 amide bonds. The minimum absolute atomic E-state index is 0.0649. The summed E-state index contributed by atoms with van der Waals surface area (Å²) in [6, 6.07) is 13.1. The summed E-state index contributed by atoms with van der Waals surface area (Å²) >= 11 is 3.37. The number of benzene rings is 2. The lowest BCUT2D eigenvalue weighted by Gasteiger charge is -2.04. The number of hydrogen-bond acceptors (Lipinski definition) is 6. The lowest BCUT2D eigenvalue weighted by Crippen LogP contribution is -2.17. The average Bonchev–Trinajstić information content (AvgIpc) is 3.08. The zero-order chi connectivity index (χ0) is 18.7. The van der Waals surface area contributed by atoms with Gasteiger partial charge in [0.15, 0.2) is 17.2 Å². The monoisotopic (exact) mass is 416 g/mol. The van der Waals surface area contributed by atoms with E-state index in [1.165, 1.54) is 6.21 Å². The molecule has 0 spiro atoms. The van der Waals surface area contributed by atoms with Crippen LogP contribution in [0.25, 0.3) is 11.3 Å². The summed E-state index contributed by atoms with van der Waals surface area (Å²) < 4.78 is 6.58. The van der Waals surface area contributed by atoms with E-state index in [4.69, 9.17) is 4.42 Å². The van der Waals surface area contributed by atoms with Crippen molar-refractivity contribution in [1.82, 2.24) is 5.43 Å². The van der Waals surface area contributed by atoms with Gasteiger partial charge in [0.25, 0.3) is 5.91 Å². The molecule has 0 saturated carbocycles. The number of carbonyl (C=O) groups is 1. The van der Waals surface area contributed by atoms with Crippen molar-refractivity contribution >= 4 is 28.1 Å². The van der Waals surface area contributed by atoms with Crippen LogP contribution in [0.1, 0.15) is 16.1 Å². The fourth-order valence-corrected chi connectivity index (χ4v) is 2.41. The predicted octanol–water partition coefficient (Wildman–Crippen LogP) is 3.59. The molecule has 0 saturated heterocycles. The highest BCUT2D eigenvalue weighted by atomic mass is 79.9. The molecule has 132 valence electrons. The first-order chi connectivity index (χ1) is 12.4. The third kappa shape index (κ3) is 3.86. The summed E-state index contributed by atoms with van der Waals surface area (Å²) in [5.74, 6) is -1.50. The molecule has 0 aliphatic rings. The molecule has 1 heterocycles. The molecule has 0 bridgehead atoms. The van der Waals surface area contributed by atoms with Gasteiger partial charge in [-0.15, -0.1) is 0 Å². The van der Waals surface area contributed by atoms with Gasteiger partial charge in [-0.05, 0) is 36.4 Å². The lowest BCUT2D eigenvalue weighted by atomic mass is 10.2. The number of nitrogens with one attached hydrogen (secondary N) is 1. The summed E-state index contributed by atoms with van der Waals surface area (Å²) in [5, 5.41) is 31.9. The van der Waals surface area contributed by atoms with E-state index in [9.17, 15) is 20.1 Å². The molecule has 0 fully saturated rings. The number of aromatic hydroxyl groups is 3. The van der Waals surface area contributed by atoms with Crippen molar-refractivity contribution in [3.05, 3.63) is 64.3 Å². The topological polar surface area (TPSA) is 115 Å². The Morgan fingerprint density at radius 1 is 1.04 bits per heavy atom. The number of hydrogen-bond donors (Lipinski definition) is 4. The van der Waals surface area contributed by atoms with Crippen molar-refractivity contribution in [2.75, 3.05) is 0 Å². The van der Waals surface area contributed by atoms with E-state index in [0.29, 0.717) is 11.5 Å². The fraction of sp³-hybridized carbons (Fsp3) is 0. The Balaban J connectivity index is 1.67. The van der Waals surface area contributed by atoms with Crippen molar-refractivity contribution in [3.8, 4) is 28.6 Å². The van der Waals surface area contributed by atoms with Gasteiger partial charge in [-0.2, -0.15) is 5.10 Å². The Hall–Kier alpha value is -3.26. The standard InChI is InChI=1S/C18H13BrN2O5/c19-12-3-1-10(2-4-12)16-6-5-13(26-16)9-20-21-18(25)11-7-14(22)17(24)15(23)8-11/h1-9,22-24H,(H,21,25). The molecule has 0 aliphatic carbocycles. The van der Waals surface area contributed by atoms with Crippen LogP contribution in [-0.4, -0.2) is 27.4 Å². The summed E-state index contributed by atoms with van der Waals surface area (Å²) in [7, 11) is 0. The van der Waals surface area contributed by atoms with Crippen LogP contribution in [0.5, 0.6) is 17.2 Å². The number of nitrogens with zero attached hydrogens (tertiary/aromatic N) is 1. The van der Waals surface area contributed by atoms with Crippen molar-refractivity contribution in [2.45, 2.75) is 0 Å². The van der Waals surface area contributed by atoms with E-state index in [2.05, 4.69) is 26.5 Å². The number of hydrazone groups is 1. The molecule has 1 aromatic heterocycles. The number of phenolic OH excluding ortho intramolecular Hbond substituents is 3. The first-order valence-electron chi connectivity index (χ1n) is 7.38. The quantitative estimate of drug-likeness (QED) is 0.294. The molecule has 3 rings (SSSR count). The highest BCUT2D eigenvalue weighted by molar-refractivity contribution is 9.10. The highest BCUT2D eigenvalue weighted by Gasteiger charge is 2.13. The molecule has 4 N–H and O–H groups in total. The maximum atomic E-state index is 11.9. The van der Waals surface area contributed by atoms with Crippen LogP contribution in [0.3, 0.4) is 0 Å². The molecule has 0 aliphatic heterocycles. The van der Waals surface area contributed by atoms with Gasteiger partial charge >= 0.3 is 0 Å². The van der Waals surface area contributed by atoms with Crippen LogP contribution >= 0.6 is 15.9 Å². The zero-order valence-corrected chi connectivity index (χ0v) is 14.8. The Labute approximate surface area is 156 Å². The van der Waals surface area contributed by atoms with Gasteiger partial charge in [-0.25, -0.2) is 5.43 Å². The molecule has 8 heteroatoms. The first-order valence-corrected chi connectivity index (χ1v) is 8.17. The molecule has 3 aromatic rings. The van der Waals surface area contributed by atoms with Crippen molar-refractivity contribution in [2.24, 2.45) is 5.10 Å². The lowest BCUT2D eigenvalue weighted by molar-refractivity contribution is 0.0954. The first kappa shape index (κ1) is 17.6. The fourth-order valence-electron chi connectivity index (χ4n) is 2.15. The number of carbonyl (C=O) groups excluding carboxylic acids is 1. The van der Waals surface area contributed by atoms with Gasteiger partial charge in [0.05, 0.1) is 6.21 Å². The zero-order valence-electron chi connectivity index (χ0n) is 13.2. The number of amides is 1. The SMILES string of the molecule is O=C(NN=Cc1ccc(-c2ccc(Br)cc2)o1)c1cc(O)c(O)c(O)c1. The third-order valence-electron chi connectivity index (χ3n) is 3.45. The van der Waals surface area contributed by atoms with Gasteiger partial charge < -0.3 is 19.7 Å². The van der Waals surface area contributed by atoms with Crippen LogP contribution in [0.2, 0.25) is 0 Å². The van der Waals surface area contributed by atoms with Gasteiger partial charge in [0.1, 0.15) is 11.5 Å². The largest absolute Gasteiger partial charge is 0.504 e. The maximum Gasteiger partial charge on any atom is 0.271 e. The molecule has 0 atom stereocenters. The number of phenols is 3. The van der Waals surface area contributed by atoms with Crippen molar-refractivity contribution in [1.29, 1.82) is 0 Å². The van der Waals surface area contributed by atoms with Crippen LogP contribution in [0.15, 0.2) is 62.5 Å². The summed E-state index contributed by atoms with van der Waals surface area (Å²) in [5.41, 5.74) is 3.07. The normalized spacial score (nSPS) is 11.0. The summed E-state index contributed by atoms with van der Waals surface area (Å²) in [6.45, 7) is 0. The Kier molecular flexibility index (Phi) is 4.94. The van der Waals surface area contributed by atoms with Gasteiger partial charge in [0.2, 0.25) is 0 Å². The molecule has 26 heavy (non-hydrogen) atoms. The maximum absolute atomic E-state index is 11.9. The second-order valence-electron chi connectivity index (χ2n) is 5.27. The smallest absolute Gasteiger partial charge is 0.271 e. The Morgan fingerprint density at radius 3 is 2.35 bits per heavy atom. The van der Waals surface area contributed by atoms with Crippen molar-refractivity contribution in [3.63, 3.8) is 0 Å². The highest BCUT2D eigenvalue weighted by Crippen LogP contribution is 2.35. The van der Waals surface area contributed by atoms with E-state index >= 15 is 0 Å². The van der Waals surface area contributed by atoms with Crippen molar-refractivity contribution < 1.29 is 24.5 Å². The van der Waals surface area contributed by atoms with Crippen LogP contribution in [-0.2, 0) is 0 Å². The summed E-state index contributed by atoms with van der Waals surface area (Å²) in [6.07, 6.45) is 1.32. The van der Waals surface area contributed by atoms with Gasteiger partial charge in [-0.3, -0.25) is 4.79 Å². The van der Waals surface area contributed by atoms with Gasteiger partial charge in [0, 0.05) is 15.6 Å². The van der Waals surface area contributed by atoms with Gasteiger partial charge in [-0.1, -0.05) is 28.1 Å². The van der Waals surface area contributed by atoms with E-state index in [-0.39, 0.29) is 5.56 Å². The second kappa shape index (κ2) is 7.32. The van der Waals surface area contributed by atoms with Crippen LogP contribution in [0.4, 0.5) is 0 Å². The Morgan fingerprint density at radius 2 is 1.69 bits per heavy atom. The molecule has 2 aromatic carbocycles. The Bertz CT molecular complexity index is 956. The van der Waals surface area contributed by atoms with E-state index in [0.717, 1.165) is 22.2 Å². The van der Waals surface area contributed by atoms with E-state index in [1.807, 2.05) is 24.3 Å². The van der Waals surface area contributed by atoms with Crippen LogP contribution < -0.4 is 5.43 Å². The molecular weight excluding hydrogens is 404 g/mol. The predicted molar refractivity (Wildman–Crippen MR) is 98.3 cm³/mol. The molecule has 0 unspecified atom stereocenters. The third-order valence-corrected chi connectivity index (χ3v) is 3.97. The molecular formula is C18H13BrN2O5. The number of rotatable bonds is 4. The second-order valence-corrected chi connectivity index (χ2v) is 6.19. The summed E-state index contributed by atoms with van der Waals surface area (Å²) in [4.78, 5) is 11.9. The van der Waals surface area contributed by atoms with E-state index in [1.54, 1.807) is 12.1 Å².